The first-order valence-electron chi connectivity index (χ1n) is 6.56. The molecule has 2 rings (SSSR count). The minimum absolute atomic E-state index is 0.803. The molecule has 0 spiro atoms. The highest BCUT2D eigenvalue weighted by atomic mass is 79.9. The van der Waals surface area contributed by atoms with E-state index < -0.39 is 0 Å². The second-order valence-corrected chi connectivity index (χ2v) is 5.60. The van der Waals surface area contributed by atoms with Crippen LogP contribution in [0.4, 0.5) is 0 Å². The molecule has 18 heavy (non-hydrogen) atoms. The van der Waals surface area contributed by atoms with E-state index in [1.54, 1.807) is 7.11 Å². The Hall–Kier alpha value is -0.580. The molecular weight excluding hydrogens is 292 g/mol. The highest BCUT2D eigenvalue weighted by molar-refractivity contribution is 9.10. The largest absolute Gasteiger partial charge is 0.496 e. The molecule has 1 aliphatic carbocycles. The smallest absolute Gasteiger partial charge is 0.122 e. The van der Waals surface area contributed by atoms with Crippen LogP contribution >= 0.6 is 15.9 Å². The predicted octanol–water partition coefficient (Wildman–Crippen LogP) is 2.34. The Bertz CT molecular complexity index is 380. The third-order valence-electron chi connectivity index (χ3n) is 3.13. The van der Waals surface area contributed by atoms with Crippen LogP contribution in [0, 0.1) is 0 Å². The Kier molecular flexibility index (Phi) is 5.47. The normalized spacial score (nSPS) is 14.8. The van der Waals surface area contributed by atoms with Gasteiger partial charge in [-0.3, -0.25) is 0 Å². The van der Waals surface area contributed by atoms with Crippen LogP contribution < -0.4 is 15.4 Å². The second-order valence-electron chi connectivity index (χ2n) is 4.68. The molecule has 0 heterocycles. The van der Waals surface area contributed by atoms with Crippen molar-refractivity contribution in [3.05, 3.63) is 28.2 Å². The van der Waals surface area contributed by atoms with Gasteiger partial charge in [0.1, 0.15) is 5.75 Å². The zero-order valence-corrected chi connectivity index (χ0v) is 12.4. The molecule has 1 fully saturated rings. The third-order valence-corrected chi connectivity index (χ3v) is 3.62. The number of halogens is 1. The van der Waals surface area contributed by atoms with Crippen LogP contribution in [-0.4, -0.2) is 32.8 Å². The number of rotatable bonds is 8. The first-order valence-corrected chi connectivity index (χ1v) is 7.35. The number of hydrogen-bond donors (Lipinski definition) is 2. The summed E-state index contributed by atoms with van der Waals surface area (Å²) in [7, 11) is 1.72. The molecule has 4 heteroatoms. The highest BCUT2D eigenvalue weighted by Gasteiger charge is 2.19. The summed E-state index contributed by atoms with van der Waals surface area (Å²) in [6.07, 6.45) is 3.70. The summed E-state index contributed by atoms with van der Waals surface area (Å²) in [4.78, 5) is 0. The van der Waals surface area contributed by atoms with Gasteiger partial charge in [0.25, 0.3) is 0 Å². The number of ether oxygens (including phenoxy) is 1. The van der Waals surface area contributed by atoms with E-state index in [0.717, 1.165) is 42.3 Å². The lowest BCUT2D eigenvalue weighted by atomic mass is 10.1. The molecule has 1 aliphatic rings. The van der Waals surface area contributed by atoms with Crippen molar-refractivity contribution in [1.82, 2.24) is 10.6 Å². The van der Waals surface area contributed by atoms with Crippen molar-refractivity contribution in [2.24, 2.45) is 0 Å². The van der Waals surface area contributed by atoms with Crippen molar-refractivity contribution in [3.8, 4) is 5.75 Å². The van der Waals surface area contributed by atoms with Gasteiger partial charge in [0, 0.05) is 23.6 Å². The highest BCUT2D eigenvalue weighted by Crippen LogP contribution is 2.23. The summed E-state index contributed by atoms with van der Waals surface area (Å²) in [5.74, 6) is 0.969. The lowest BCUT2D eigenvalue weighted by Crippen LogP contribution is -2.29. The monoisotopic (exact) mass is 312 g/mol. The molecule has 0 aliphatic heterocycles. The van der Waals surface area contributed by atoms with Gasteiger partial charge in [-0.1, -0.05) is 15.9 Å². The van der Waals surface area contributed by atoms with E-state index in [1.807, 2.05) is 12.1 Å². The van der Waals surface area contributed by atoms with Gasteiger partial charge >= 0.3 is 0 Å². The van der Waals surface area contributed by atoms with Crippen molar-refractivity contribution >= 4 is 15.9 Å². The predicted molar refractivity (Wildman–Crippen MR) is 78.3 cm³/mol. The Labute approximate surface area is 117 Å². The maximum atomic E-state index is 5.36. The van der Waals surface area contributed by atoms with Gasteiger partial charge in [0.05, 0.1) is 7.11 Å². The summed E-state index contributed by atoms with van der Waals surface area (Å²) in [6.45, 7) is 3.09. The van der Waals surface area contributed by atoms with E-state index >= 15 is 0 Å². The minimum Gasteiger partial charge on any atom is -0.496 e. The molecule has 0 atom stereocenters. The number of benzene rings is 1. The molecule has 2 N–H and O–H groups in total. The fraction of sp³-hybridized carbons (Fsp3) is 0.571. The fourth-order valence-corrected chi connectivity index (χ4v) is 2.35. The number of methoxy groups -OCH3 is 1. The Balaban J connectivity index is 1.66. The van der Waals surface area contributed by atoms with Gasteiger partial charge in [-0.2, -0.15) is 0 Å². The molecule has 0 bridgehead atoms. The average molecular weight is 313 g/mol. The Morgan fingerprint density at radius 3 is 2.83 bits per heavy atom. The molecule has 1 saturated carbocycles. The van der Waals surface area contributed by atoms with Crippen molar-refractivity contribution in [2.75, 3.05) is 26.7 Å². The lowest BCUT2D eigenvalue weighted by Gasteiger charge is -2.10. The maximum absolute atomic E-state index is 5.36. The molecule has 100 valence electrons. The van der Waals surface area contributed by atoms with E-state index in [0.29, 0.717) is 0 Å². The number of nitrogens with one attached hydrogen (secondary N) is 2. The first kappa shape index (κ1) is 13.8. The van der Waals surface area contributed by atoms with Crippen LogP contribution in [-0.2, 0) is 6.42 Å². The molecule has 1 aromatic carbocycles. The first-order chi connectivity index (χ1) is 8.79. The summed E-state index contributed by atoms with van der Waals surface area (Å²) >= 11 is 3.50. The Morgan fingerprint density at radius 1 is 1.28 bits per heavy atom. The van der Waals surface area contributed by atoms with Crippen molar-refractivity contribution < 1.29 is 4.74 Å². The second kappa shape index (κ2) is 7.12. The lowest BCUT2D eigenvalue weighted by molar-refractivity contribution is 0.409. The maximum Gasteiger partial charge on any atom is 0.122 e. The SMILES string of the molecule is COc1ccc(Br)cc1CCNCCNC1CC1. The molecule has 0 unspecified atom stereocenters. The minimum atomic E-state index is 0.803. The van der Waals surface area contributed by atoms with Gasteiger partial charge in [-0.05, 0) is 49.6 Å². The van der Waals surface area contributed by atoms with Crippen LogP contribution in [0.25, 0.3) is 0 Å². The van der Waals surface area contributed by atoms with Crippen LogP contribution in [0.2, 0.25) is 0 Å². The third kappa shape index (κ3) is 4.59. The summed E-state index contributed by atoms with van der Waals surface area (Å²) < 4.78 is 6.46. The molecule has 0 aromatic heterocycles. The van der Waals surface area contributed by atoms with Crippen molar-refractivity contribution in [1.29, 1.82) is 0 Å². The molecule has 1 aromatic rings. The summed E-state index contributed by atoms with van der Waals surface area (Å²) in [5.41, 5.74) is 1.24. The van der Waals surface area contributed by atoms with E-state index in [-0.39, 0.29) is 0 Å². The van der Waals surface area contributed by atoms with Gasteiger partial charge in [-0.25, -0.2) is 0 Å². The Morgan fingerprint density at radius 2 is 2.11 bits per heavy atom. The van der Waals surface area contributed by atoms with Gasteiger partial charge < -0.3 is 15.4 Å². The quantitative estimate of drug-likeness (QED) is 0.723. The fourth-order valence-electron chi connectivity index (χ4n) is 1.94. The topological polar surface area (TPSA) is 33.3 Å². The van der Waals surface area contributed by atoms with E-state index in [2.05, 4.69) is 32.6 Å². The van der Waals surface area contributed by atoms with Crippen LogP contribution in [0.15, 0.2) is 22.7 Å². The van der Waals surface area contributed by atoms with Crippen LogP contribution in [0.1, 0.15) is 18.4 Å². The molecule has 0 saturated heterocycles. The number of hydrogen-bond acceptors (Lipinski definition) is 3. The van der Waals surface area contributed by atoms with Gasteiger partial charge in [0.15, 0.2) is 0 Å². The zero-order valence-electron chi connectivity index (χ0n) is 10.8. The summed E-state index contributed by atoms with van der Waals surface area (Å²) in [5, 5.41) is 6.95. The van der Waals surface area contributed by atoms with Gasteiger partial charge in [-0.15, -0.1) is 0 Å². The van der Waals surface area contributed by atoms with Crippen LogP contribution in [0.3, 0.4) is 0 Å². The standard InChI is InChI=1S/C14H21BrN2O/c1-18-14-5-2-12(15)10-11(14)6-7-16-8-9-17-13-3-4-13/h2,5,10,13,16-17H,3-4,6-9H2,1H3. The molecule has 0 amide bonds. The van der Waals surface area contributed by atoms with Gasteiger partial charge in [0.2, 0.25) is 0 Å². The van der Waals surface area contributed by atoms with Crippen molar-refractivity contribution in [2.45, 2.75) is 25.3 Å². The zero-order chi connectivity index (χ0) is 12.8. The average Bonchev–Trinajstić information content (AvgIpc) is 3.18. The molecule has 3 nitrogen and oxygen atoms in total. The van der Waals surface area contributed by atoms with Crippen LogP contribution in [0.5, 0.6) is 5.75 Å². The van der Waals surface area contributed by atoms with E-state index in [1.165, 1.54) is 18.4 Å². The molecular formula is C14H21BrN2O. The van der Waals surface area contributed by atoms with Crippen molar-refractivity contribution in [3.63, 3.8) is 0 Å². The summed E-state index contributed by atoms with van der Waals surface area (Å²) in [6, 6.07) is 6.95. The van der Waals surface area contributed by atoms with E-state index in [4.69, 9.17) is 4.74 Å². The van der Waals surface area contributed by atoms with E-state index in [9.17, 15) is 0 Å². The molecule has 0 radical (unpaired) electrons.